The molecule has 7 heteroatoms. The van der Waals surface area contributed by atoms with Crippen LogP contribution in [-0.4, -0.2) is 30.2 Å². The Balaban J connectivity index is 1.90. The largest absolute Gasteiger partial charge is 0.493 e. The quantitative estimate of drug-likeness (QED) is 0.700. The summed E-state index contributed by atoms with van der Waals surface area (Å²) in [6.07, 6.45) is 1.65. The van der Waals surface area contributed by atoms with Crippen molar-refractivity contribution < 1.29 is 19.1 Å². The van der Waals surface area contributed by atoms with Crippen molar-refractivity contribution in [3.8, 4) is 11.5 Å². The van der Waals surface area contributed by atoms with Crippen LogP contribution in [0.4, 0.5) is 4.79 Å². The predicted molar refractivity (Wildman–Crippen MR) is 103 cm³/mol. The topological polar surface area (TPSA) is 55.8 Å². The average Bonchev–Trinajstić information content (AvgIpc) is 2.88. The van der Waals surface area contributed by atoms with Crippen molar-refractivity contribution in [2.75, 3.05) is 14.2 Å². The van der Waals surface area contributed by atoms with Gasteiger partial charge in [-0.15, -0.1) is 0 Å². The number of imide groups is 1. The molecule has 0 N–H and O–H groups in total. The molecular weight excluding hydrogens is 374 g/mol. The van der Waals surface area contributed by atoms with Gasteiger partial charge in [0.2, 0.25) is 0 Å². The third-order valence-corrected chi connectivity index (χ3v) is 5.01. The molecule has 0 atom stereocenters. The molecule has 3 rings (SSSR count). The fourth-order valence-corrected chi connectivity index (χ4v) is 3.33. The van der Waals surface area contributed by atoms with Crippen LogP contribution >= 0.6 is 23.4 Å². The van der Waals surface area contributed by atoms with Crippen molar-refractivity contribution in [1.29, 1.82) is 0 Å². The molecule has 1 aliphatic heterocycles. The molecule has 0 saturated carbocycles. The predicted octanol–water partition coefficient (Wildman–Crippen LogP) is 4.59. The smallest absolute Gasteiger partial charge is 0.293 e. The van der Waals surface area contributed by atoms with Crippen molar-refractivity contribution in [2.45, 2.75) is 6.61 Å². The molecule has 0 spiro atoms. The molecular formula is C19H16ClNO4S. The lowest BCUT2D eigenvalue weighted by Gasteiger charge is -2.14. The van der Waals surface area contributed by atoms with Crippen LogP contribution < -0.4 is 9.47 Å². The third-order valence-electron chi connectivity index (χ3n) is 3.80. The first-order valence-corrected chi connectivity index (χ1v) is 8.95. The van der Waals surface area contributed by atoms with Crippen LogP contribution in [-0.2, 0) is 11.4 Å². The van der Waals surface area contributed by atoms with E-state index in [0.717, 1.165) is 22.2 Å². The molecule has 0 bridgehead atoms. The summed E-state index contributed by atoms with van der Waals surface area (Å²) in [5, 5.41) is 0.356. The van der Waals surface area contributed by atoms with Gasteiger partial charge in [0.1, 0.15) is 6.61 Å². The van der Waals surface area contributed by atoms with E-state index in [1.54, 1.807) is 37.5 Å². The van der Waals surface area contributed by atoms with Crippen LogP contribution in [0.25, 0.3) is 6.08 Å². The van der Waals surface area contributed by atoms with E-state index < -0.39 is 0 Å². The van der Waals surface area contributed by atoms with Gasteiger partial charge in [-0.2, -0.15) is 0 Å². The number of hydrogen-bond acceptors (Lipinski definition) is 5. The second-order valence-electron chi connectivity index (χ2n) is 5.53. The lowest BCUT2D eigenvalue weighted by atomic mass is 10.1. The van der Waals surface area contributed by atoms with Gasteiger partial charge in [-0.25, -0.2) is 0 Å². The summed E-state index contributed by atoms with van der Waals surface area (Å²) >= 11 is 6.80. The summed E-state index contributed by atoms with van der Waals surface area (Å²) in [5.41, 5.74) is 1.61. The average molecular weight is 390 g/mol. The fraction of sp³-hybridized carbons (Fsp3) is 0.158. The standard InChI is InChI=1S/C19H16ClNO4S/c1-21-18(22)16(26-19(21)23)10-13-4-3-5-15(24-2)17(13)25-11-12-6-8-14(20)9-7-12/h3-10H,11H2,1-2H3/b16-10+. The number of methoxy groups -OCH3 is 1. The first-order valence-electron chi connectivity index (χ1n) is 7.75. The maximum Gasteiger partial charge on any atom is 0.293 e. The molecule has 2 amide bonds. The number of amides is 2. The zero-order valence-corrected chi connectivity index (χ0v) is 15.8. The number of thioether (sulfide) groups is 1. The van der Waals surface area contributed by atoms with Gasteiger partial charge in [0, 0.05) is 17.6 Å². The summed E-state index contributed by atoms with van der Waals surface area (Å²) in [6.45, 7) is 0.313. The number of ether oxygens (including phenoxy) is 2. The number of carbonyl (C=O) groups excluding carboxylic acids is 2. The molecule has 134 valence electrons. The zero-order valence-electron chi connectivity index (χ0n) is 14.2. The molecule has 2 aromatic carbocycles. The molecule has 1 aliphatic rings. The highest BCUT2D eigenvalue weighted by Crippen LogP contribution is 2.37. The Morgan fingerprint density at radius 2 is 1.88 bits per heavy atom. The van der Waals surface area contributed by atoms with Gasteiger partial charge >= 0.3 is 0 Å². The maximum atomic E-state index is 12.1. The first kappa shape index (κ1) is 18.4. The van der Waals surface area contributed by atoms with Gasteiger partial charge in [0.15, 0.2) is 11.5 Å². The molecule has 0 radical (unpaired) electrons. The molecule has 1 saturated heterocycles. The van der Waals surface area contributed by atoms with Crippen LogP contribution in [0, 0.1) is 0 Å². The van der Waals surface area contributed by atoms with Gasteiger partial charge in [0.25, 0.3) is 11.1 Å². The van der Waals surface area contributed by atoms with Crippen molar-refractivity contribution in [2.24, 2.45) is 0 Å². The summed E-state index contributed by atoms with van der Waals surface area (Å²) in [5.74, 6) is 0.725. The number of benzene rings is 2. The second-order valence-corrected chi connectivity index (χ2v) is 6.96. The summed E-state index contributed by atoms with van der Waals surface area (Å²) in [7, 11) is 3.01. The van der Waals surface area contributed by atoms with Gasteiger partial charge < -0.3 is 9.47 Å². The van der Waals surface area contributed by atoms with Crippen LogP contribution in [0.5, 0.6) is 11.5 Å². The number of hydrogen-bond donors (Lipinski definition) is 0. The Bertz CT molecular complexity index is 880. The number of halogens is 1. The highest BCUT2D eigenvalue weighted by Gasteiger charge is 2.32. The normalized spacial score (nSPS) is 15.7. The second kappa shape index (κ2) is 7.85. The number of carbonyl (C=O) groups is 2. The van der Waals surface area contributed by atoms with Crippen LogP contribution in [0.1, 0.15) is 11.1 Å². The number of likely N-dealkylation sites (N-methyl/N-ethyl adjacent to an activating group) is 1. The molecule has 0 unspecified atom stereocenters. The molecule has 5 nitrogen and oxygen atoms in total. The minimum Gasteiger partial charge on any atom is -0.493 e. The van der Waals surface area contributed by atoms with Crippen LogP contribution in [0.15, 0.2) is 47.4 Å². The number of nitrogens with zero attached hydrogens (tertiary/aromatic N) is 1. The van der Waals surface area contributed by atoms with E-state index in [2.05, 4.69) is 0 Å². The molecule has 2 aromatic rings. The Labute approximate surface area is 160 Å². The maximum absolute atomic E-state index is 12.1. The summed E-state index contributed by atoms with van der Waals surface area (Å²) in [6, 6.07) is 12.7. The van der Waals surface area contributed by atoms with Crippen molar-refractivity contribution in [3.05, 3.63) is 63.5 Å². The summed E-state index contributed by atoms with van der Waals surface area (Å²) in [4.78, 5) is 25.3. The van der Waals surface area contributed by atoms with Gasteiger partial charge in [0.05, 0.1) is 12.0 Å². The molecule has 0 aromatic heterocycles. The summed E-state index contributed by atoms with van der Waals surface area (Å²) < 4.78 is 11.3. The van der Waals surface area contributed by atoms with Crippen LogP contribution in [0.3, 0.4) is 0 Å². The minimum atomic E-state index is -0.327. The van der Waals surface area contributed by atoms with E-state index in [0.29, 0.717) is 33.6 Å². The third kappa shape index (κ3) is 3.86. The molecule has 26 heavy (non-hydrogen) atoms. The highest BCUT2D eigenvalue weighted by molar-refractivity contribution is 8.18. The van der Waals surface area contributed by atoms with E-state index >= 15 is 0 Å². The lowest BCUT2D eigenvalue weighted by molar-refractivity contribution is -0.121. The van der Waals surface area contributed by atoms with Crippen LogP contribution in [0.2, 0.25) is 5.02 Å². The number of rotatable bonds is 5. The SMILES string of the molecule is COc1cccc(/C=C2/SC(=O)N(C)C2=O)c1OCc1ccc(Cl)cc1. The van der Waals surface area contributed by atoms with Crippen molar-refractivity contribution in [1.82, 2.24) is 4.90 Å². The van der Waals surface area contributed by atoms with Crippen molar-refractivity contribution in [3.63, 3.8) is 0 Å². The van der Waals surface area contributed by atoms with E-state index in [1.165, 1.54) is 7.05 Å². The minimum absolute atomic E-state index is 0.298. The molecule has 0 aliphatic carbocycles. The van der Waals surface area contributed by atoms with Gasteiger partial charge in [-0.05, 0) is 41.6 Å². The van der Waals surface area contributed by atoms with Gasteiger partial charge in [-0.1, -0.05) is 35.9 Å². The van der Waals surface area contributed by atoms with Crippen molar-refractivity contribution >= 4 is 40.6 Å². The van der Waals surface area contributed by atoms with E-state index in [9.17, 15) is 9.59 Å². The number of para-hydroxylation sites is 1. The fourth-order valence-electron chi connectivity index (χ4n) is 2.38. The van der Waals surface area contributed by atoms with E-state index in [-0.39, 0.29) is 11.1 Å². The molecule has 1 fully saturated rings. The van der Waals surface area contributed by atoms with E-state index in [1.807, 2.05) is 18.2 Å². The highest BCUT2D eigenvalue weighted by atomic mass is 35.5. The molecule has 1 heterocycles. The Morgan fingerprint density at radius 3 is 2.50 bits per heavy atom. The van der Waals surface area contributed by atoms with Gasteiger partial charge in [-0.3, -0.25) is 14.5 Å². The lowest BCUT2D eigenvalue weighted by Crippen LogP contribution is -2.22. The zero-order chi connectivity index (χ0) is 18.7. The van der Waals surface area contributed by atoms with E-state index in [4.69, 9.17) is 21.1 Å². The Morgan fingerprint density at radius 1 is 1.15 bits per heavy atom. The monoisotopic (exact) mass is 389 g/mol. The Hall–Kier alpha value is -2.44. The first-order chi connectivity index (χ1) is 12.5. The Kier molecular flexibility index (Phi) is 5.54.